The third-order valence-corrected chi connectivity index (χ3v) is 15.0. The van der Waals surface area contributed by atoms with Crippen molar-refractivity contribution in [2.24, 2.45) is 34.0 Å². The van der Waals surface area contributed by atoms with E-state index in [1.54, 1.807) is 37.6 Å². The summed E-state index contributed by atoms with van der Waals surface area (Å²) in [5.74, 6) is -4.86. The molecule has 1 aromatic carbocycles. The summed E-state index contributed by atoms with van der Waals surface area (Å²) >= 11 is 0. The number of ketones is 1. The van der Waals surface area contributed by atoms with Crippen molar-refractivity contribution < 1.29 is 57.1 Å². The van der Waals surface area contributed by atoms with Crippen molar-refractivity contribution in [2.45, 2.75) is 172 Å². The minimum atomic E-state index is -3.77. The molecule has 5 rings (SSSR count). The van der Waals surface area contributed by atoms with E-state index in [-0.39, 0.29) is 29.9 Å². The van der Waals surface area contributed by atoms with Gasteiger partial charge < -0.3 is 49.3 Å². The fourth-order valence-electron chi connectivity index (χ4n) is 9.69. The number of aryl methyl sites for hydroxylation is 2. The largest absolute Gasteiger partial charge is 0.459 e. The fraction of sp³-hybridized carbons (Fsp3) is 0.761. The number of hydrogen-bond donors (Lipinski definition) is 5. The topological polar surface area (TPSA) is 259 Å². The second-order valence-electron chi connectivity index (χ2n) is 19.2. The van der Waals surface area contributed by atoms with Gasteiger partial charge in [-0.05, 0) is 104 Å². The van der Waals surface area contributed by atoms with E-state index in [9.17, 15) is 33.3 Å². The van der Waals surface area contributed by atoms with E-state index >= 15 is 0 Å². The fourth-order valence-corrected chi connectivity index (χ4v) is 10.2. The van der Waals surface area contributed by atoms with Gasteiger partial charge in [0.15, 0.2) is 12.1 Å². The van der Waals surface area contributed by atoms with E-state index in [2.05, 4.69) is 20.8 Å². The minimum Gasteiger partial charge on any atom is -0.459 e. The predicted octanol–water partition coefficient (Wildman–Crippen LogP) is 2.37. The average molecular weight is 950 g/mol. The molecule has 0 unspecified atom stereocenters. The van der Waals surface area contributed by atoms with Crippen molar-refractivity contribution >= 4 is 27.5 Å². The minimum absolute atomic E-state index is 0.0516. The number of carbonyl (C=O) groups is 2. The number of nitrogens with two attached hydrogens (primary N) is 1. The zero-order valence-electron chi connectivity index (χ0n) is 40.3. The van der Waals surface area contributed by atoms with Gasteiger partial charge in [-0.3, -0.25) is 14.3 Å². The lowest BCUT2D eigenvalue weighted by molar-refractivity contribution is -0.295. The molecule has 66 heavy (non-hydrogen) atoms. The van der Waals surface area contributed by atoms with Crippen LogP contribution in [0.4, 0.5) is 0 Å². The summed E-state index contributed by atoms with van der Waals surface area (Å²) in [6.07, 6.45) is -1.27. The molecule has 3 fully saturated rings. The highest BCUT2D eigenvalue weighted by Gasteiger charge is 2.52. The number of likely N-dealkylation sites (N-methyl/N-ethyl adjacent to an activating group) is 1. The number of cyclic esters (lactones) is 1. The van der Waals surface area contributed by atoms with Gasteiger partial charge in [0.25, 0.3) is 0 Å². The SMILES string of the molecule is CC[C@H]1OC(=O)[C@H](C)C(=O)[C@H](C)[C@@H](O[C@@H]2O[C@H](C)C[C@H](N(C)CCc3cn(CCc4ccc(S(N)(=O)=O)cc4)nn3)[C@H]2O)[C@](C)(OC)C[C@@H](C)/C(=N\OC2CCNCC2)[C@H](C)[C@@H](O)[C@]1(C)O. The van der Waals surface area contributed by atoms with E-state index < -0.39 is 93.4 Å². The second kappa shape index (κ2) is 22.8. The predicted molar refractivity (Wildman–Crippen MR) is 244 cm³/mol. The Morgan fingerprint density at radius 3 is 2.33 bits per heavy atom. The molecule has 4 heterocycles. The summed E-state index contributed by atoms with van der Waals surface area (Å²) in [7, 11) is -0.353. The summed E-state index contributed by atoms with van der Waals surface area (Å²) in [4.78, 5) is 36.4. The normalized spacial score (nSPS) is 35.4. The van der Waals surface area contributed by atoms with Crippen LogP contribution in [0.2, 0.25) is 0 Å². The zero-order chi connectivity index (χ0) is 48.7. The molecular formula is C46H75N7O12S. The number of oxime groups is 1. The van der Waals surface area contributed by atoms with Crippen LogP contribution in [-0.4, -0.2) is 155 Å². The third kappa shape index (κ3) is 13.0. The number of aliphatic hydroxyl groups excluding tert-OH is 2. The highest BCUT2D eigenvalue weighted by atomic mass is 32.2. The van der Waals surface area contributed by atoms with Crippen molar-refractivity contribution in [3.05, 3.63) is 41.7 Å². The molecule has 3 aliphatic heterocycles. The van der Waals surface area contributed by atoms with Gasteiger partial charge in [0, 0.05) is 56.6 Å². The smallest absolute Gasteiger partial charge is 0.316 e. The van der Waals surface area contributed by atoms with E-state index in [1.165, 1.54) is 33.1 Å². The highest BCUT2D eigenvalue weighted by molar-refractivity contribution is 7.89. The van der Waals surface area contributed by atoms with Crippen molar-refractivity contribution in [1.29, 1.82) is 0 Å². The number of nitrogens with zero attached hydrogens (tertiary/aromatic N) is 5. The van der Waals surface area contributed by atoms with E-state index in [4.69, 9.17) is 28.9 Å². The van der Waals surface area contributed by atoms with Crippen LogP contribution in [0.3, 0.4) is 0 Å². The Balaban J connectivity index is 1.37. The molecule has 0 saturated carbocycles. The van der Waals surface area contributed by atoms with Gasteiger partial charge in [0.1, 0.15) is 29.8 Å². The molecule has 1 aromatic heterocycles. The van der Waals surface area contributed by atoms with Crippen LogP contribution in [-0.2, 0) is 62.8 Å². The molecule has 0 radical (unpaired) electrons. The molecule has 0 bridgehead atoms. The number of ether oxygens (including phenoxy) is 4. The Morgan fingerprint density at radius 1 is 1.05 bits per heavy atom. The number of benzene rings is 1. The summed E-state index contributed by atoms with van der Waals surface area (Å²) in [6.45, 7) is 16.2. The van der Waals surface area contributed by atoms with Gasteiger partial charge in [-0.25, -0.2) is 13.6 Å². The maximum Gasteiger partial charge on any atom is 0.316 e. The Bertz CT molecular complexity index is 2050. The Kier molecular flexibility index (Phi) is 18.5. The van der Waals surface area contributed by atoms with Gasteiger partial charge >= 0.3 is 5.97 Å². The summed E-state index contributed by atoms with van der Waals surface area (Å²) < 4.78 is 50.3. The van der Waals surface area contributed by atoms with Crippen LogP contribution in [0.25, 0.3) is 0 Å². The summed E-state index contributed by atoms with van der Waals surface area (Å²) in [5.41, 5.74) is -1.07. The van der Waals surface area contributed by atoms with E-state index in [0.29, 0.717) is 38.1 Å². The van der Waals surface area contributed by atoms with Crippen LogP contribution >= 0.6 is 0 Å². The molecule has 372 valence electrons. The number of aromatic nitrogens is 3. The molecule has 0 amide bonds. The summed E-state index contributed by atoms with van der Waals surface area (Å²) in [5, 5.41) is 57.6. The molecule has 2 aromatic rings. The Morgan fingerprint density at radius 2 is 1.71 bits per heavy atom. The van der Waals surface area contributed by atoms with Crippen molar-refractivity contribution in [2.75, 3.05) is 33.8 Å². The number of nitrogens with one attached hydrogen (secondary N) is 1. The molecule has 19 nitrogen and oxygen atoms in total. The third-order valence-electron chi connectivity index (χ3n) is 14.0. The standard InChI is InChI=1S/C46H75N7O12S/c1-11-37-46(8,58)41(56)29(4)38(50-65-34-16-20-48-21-17-34)27(2)25-45(7,61-10)42(30(5)39(54)31(6)43(57)63-37)64-44-40(55)36(24-28(3)62-44)52(9)22-19-33-26-53(51-49-33)23-18-32-12-14-35(15-13-32)66(47,59)60/h12-15,26-31,34,36-37,40-42,44,48,55-56,58H,11,16-25H2,1-10H3,(H2,47,59,60)/b50-38+/t27-,28-,29+,30+,31-,36+,37-,40-,41-,42-,44+,45-,46-/m1/s1. The number of sulfonamides is 1. The highest BCUT2D eigenvalue weighted by Crippen LogP contribution is 2.39. The van der Waals surface area contributed by atoms with Gasteiger partial charge in [-0.15, -0.1) is 5.10 Å². The van der Waals surface area contributed by atoms with Crippen LogP contribution in [0, 0.1) is 23.7 Å². The first-order chi connectivity index (χ1) is 31.0. The first-order valence-electron chi connectivity index (χ1n) is 23.3. The van der Waals surface area contributed by atoms with Gasteiger partial charge in [0.2, 0.25) is 10.0 Å². The number of carbonyl (C=O) groups excluding carboxylic acids is 2. The maximum atomic E-state index is 14.4. The average Bonchev–Trinajstić information content (AvgIpc) is 3.75. The Labute approximate surface area is 390 Å². The quantitative estimate of drug-likeness (QED) is 0.103. The van der Waals surface area contributed by atoms with E-state index in [1.807, 2.05) is 38.9 Å². The van der Waals surface area contributed by atoms with Crippen molar-refractivity contribution in [1.82, 2.24) is 25.2 Å². The molecule has 0 spiro atoms. The van der Waals surface area contributed by atoms with Crippen LogP contribution in [0.15, 0.2) is 40.5 Å². The van der Waals surface area contributed by atoms with E-state index in [0.717, 1.165) is 37.2 Å². The van der Waals surface area contributed by atoms with Crippen LogP contribution < -0.4 is 10.5 Å². The molecule has 13 atom stereocenters. The lowest BCUT2D eigenvalue weighted by Crippen LogP contribution is -2.60. The second-order valence-corrected chi connectivity index (χ2v) is 20.8. The number of Topliss-reactive ketones (excluding diaryl/α,β-unsaturated/α-hetero) is 1. The number of esters is 1. The van der Waals surface area contributed by atoms with Gasteiger partial charge in [0.05, 0.1) is 40.2 Å². The lowest BCUT2D eigenvalue weighted by atomic mass is 9.74. The maximum absolute atomic E-state index is 14.4. The molecule has 6 N–H and O–H groups in total. The first-order valence-corrected chi connectivity index (χ1v) is 24.9. The monoisotopic (exact) mass is 950 g/mol. The number of rotatable bonds is 14. The number of hydrogen-bond acceptors (Lipinski definition) is 17. The van der Waals surface area contributed by atoms with Crippen LogP contribution in [0.5, 0.6) is 0 Å². The summed E-state index contributed by atoms with van der Waals surface area (Å²) in [6, 6.07) is 5.98. The van der Waals surface area contributed by atoms with Crippen molar-refractivity contribution in [3.63, 3.8) is 0 Å². The molecule has 3 aliphatic rings. The number of aliphatic hydroxyl groups is 3. The number of primary sulfonamides is 1. The Hall–Kier alpha value is -3.44. The van der Waals surface area contributed by atoms with Gasteiger partial charge in [-0.1, -0.05) is 50.2 Å². The van der Waals surface area contributed by atoms with Crippen LogP contribution in [0.1, 0.15) is 98.8 Å². The van der Waals surface area contributed by atoms with Gasteiger partial charge in [-0.2, -0.15) is 0 Å². The molecule has 3 saturated heterocycles. The van der Waals surface area contributed by atoms with Crippen molar-refractivity contribution in [3.8, 4) is 0 Å². The molecule has 20 heteroatoms. The number of methoxy groups -OCH3 is 1. The first kappa shape index (κ1) is 53.5. The molecule has 0 aliphatic carbocycles. The molecular weight excluding hydrogens is 875 g/mol. The lowest BCUT2D eigenvalue weighted by Gasteiger charge is -2.47. The number of piperidine rings is 1. The zero-order valence-corrected chi connectivity index (χ0v) is 41.1.